The molecule has 2 rings (SSSR count). The predicted molar refractivity (Wildman–Crippen MR) is 89.3 cm³/mol. The Morgan fingerprint density at radius 1 is 0.571 bits per heavy atom. The van der Waals surface area contributed by atoms with E-state index < -0.39 is 0 Å². The van der Waals surface area contributed by atoms with Crippen LogP contribution in [-0.2, 0) is 0 Å². The monoisotopic (exact) mass is 292 g/mol. The largest absolute Gasteiger partial charge is 0.362 e. The lowest BCUT2D eigenvalue weighted by Gasteiger charge is -2.18. The summed E-state index contributed by atoms with van der Waals surface area (Å²) in [4.78, 5) is 9.27. The predicted octanol–water partition coefficient (Wildman–Crippen LogP) is 3.07. The lowest BCUT2D eigenvalue weighted by Crippen LogP contribution is -2.23. The highest BCUT2D eigenvalue weighted by Gasteiger charge is 2.07. The molecule has 21 heavy (non-hydrogen) atoms. The maximum Gasteiger partial charge on any atom is 0.0890 e. The van der Waals surface area contributed by atoms with E-state index in [9.17, 15) is 0 Å². The fourth-order valence-electron chi connectivity index (χ4n) is 2.98. The summed E-state index contributed by atoms with van der Waals surface area (Å²) in [7, 11) is 4.26. The van der Waals surface area contributed by atoms with Gasteiger partial charge in [-0.05, 0) is 12.8 Å². The van der Waals surface area contributed by atoms with Crippen molar-refractivity contribution in [1.29, 1.82) is 0 Å². The van der Waals surface area contributed by atoms with Crippen LogP contribution in [0.25, 0.3) is 0 Å². The second-order valence-electron chi connectivity index (χ2n) is 6.49. The molecule has 0 saturated heterocycles. The van der Waals surface area contributed by atoms with E-state index in [-0.39, 0.29) is 0 Å². The summed E-state index contributed by atoms with van der Waals surface area (Å²) >= 11 is 0. The van der Waals surface area contributed by atoms with Crippen molar-refractivity contribution in [3.63, 3.8) is 0 Å². The minimum atomic E-state index is 1.07. The van der Waals surface area contributed by atoms with Crippen LogP contribution in [0.15, 0.2) is 24.8 Å². The Morgan fingerprint density at radius 2 is 0.952 bits per heavy atom. The minimum Gasteiger partial charge on any atom is -0.362 e. The molecule has 4 nitrogen and oxygen atoms in total. The van der Waals surface area contributed by atoms with Gasteiger partial charge in [0.2, 0.25) is 0 Å². The molecule has 2 aliphatic heterocycles. The molecule has 0 amide bonds. The zero-order valence-electron chi connectivity index (χ0n) is 13.9. The Hall–Kier alpha value is -1.32. The fraction of sp³-hybridized carbons (Fsp3) is 0.765. The molecular formula is C17H32N4. The molecule has 2 aliphatic rings. The van der Waals surface area contributed by atoms with Crippen molar-refractivity contribution < 1.29 is 0 Å². The third-order valence-corrected chi connectivity index (χ3v) is 4.26. The van der Waals surface area contributed by atoms with Crippen molar-refractivity contribution in [3.8, 4) is 0 Å². The molecule has 0 unspecified atom stereocenters. The second kappa shape index (κ2) is 8.85. The lowest BCUT2D eigenvalue weighted by molar-refractivity contribution is 0.288. The van der Waals surface area contributed by atoms with Crippen LogP contribution in [0.3, 0.4) is 0 Å². The van der Waals surface area contributed by atoms with Gasteiger partial charge in [-0.15, -0.1) is 0 Å². The van der Waals surface area contributed by atoms with Crippen LogP contribution in [0.2, 0.25) is 0 Å². The number of rotatable bonds is 10. The molecule has 0 bridgehead atoms. The van der Waals surface area contributed by atoms with Gasteiger partial charge in [0.25, 0.3) is 0 Å². The van der Waals surface area contributed by atoms with Crippen LogP contribution in [0.1, 0.15) is 44.9 Å². The smallest absolute Gasteiger partial charge is 0.0890 e. The van der Waals surface area contributed by atoms with Crippen LogP contribution in [0.4, 0.5) is 0 Å². The lowest BCUT2D eigenvalue weighted by atomic mass is 10.1. The van der Waals surface area contributed by atoms with Crippen LogP contribution in [0, 0.1) is 0 Å². The highest BCUT2D eigenvalue weighted by atomic mass is 15.3. The molecule has 0 fully saturated rings. The summed E-state index contributed by atoms with van der Waals surface area (Å²) in [5, 5.41) is 0. The van der Waals surface area contributed by atoms with Gasteiger partial charge in [-0.25, -0.2) is 0 Å². The second-order valence-corrected chi connectivity index (χ2v) is 6.49. The highest BCUT2D eigenvalue weighted by molar-refractivity contribution is 4.89. The molecule has 0 aromatic carbocycles. The molecule has 0 radical (unpaired) electrons. The Bertz CT molecular complexity index is 308. The van der Waals surface area contributed by atoms with Crippen LogP contribution >= 0.6 is 0 Å². The summed E-state index contributed by atoms with van der Waals surface area (Å²) in [6.45, 7) is 4.57. The Labute approximate surface area is 130 Å². The average Bonchev–Trinajstić information content (AvgIpc) is 3.06. The topological polar surface area (TPSA) is 13.0 Å². The summed E-state index contributed by atoms with van der Waals surface area (Å²) in [6.07, 6.45) is 18.4. The van der Waals surface area contributed by atoms with E-state index in [2.05, 4.69) is 58.5 Å². The summed E-state index contributed by atoms with van der Waals surface area (Å²) < 4.78 is 0. The maximum atomic E-state index is 2.40. The first kappa shape index (κ1) is 16.1. The van der Waals surface area contributed by atoms with Crippen molar-refractivity contribution in [2.24, 2.45) is 0 Å². The first-order chi connectivity index (χ1) is 10.2. The Morgan fingerprint density at radius 3 is 1.29 bits per heavy atom. The number of hydrogen-bond acceptors (Lipinski definition) is 4. The van der Waals surface area contributed by atoms with Crippen LogP contribution < -0.4 is 0 Å². The maximum absolute atomic E-state index is 2.40. The summed E-state index contributed by atoms with van der Waals surface area (Å²) in [5.74, 6) is 0. The average molecular weight is 292 g/mol. The minimum absolute atomic E-state index is 1.07. The van der Waals surface area contributed by atoms with Gasteiger partial charge >= 0.3 is 0 Å². The first-order valence-electron chi connectivity index (χ1n) is 8.49. The van der Waals surface area contributed by atoms with E-state index in [0.717, 1.165) is 13.3 Å². The van der Waals surface area contributed by atoms with Crippen LogP contribution in [-0.4, -0.2) is 60.1 Å². The molecule has 120 valence electrons. The summed E-state index contributed by atoms with van der Waals surface area (Å²) in [6, 6.07) is 0. The Kier molecular flexibility index (Phi) is 6.77. The zero-order chi connectivity index (χ0) is 14.9. The van der Waals surface area contributed by atoms with E-state index in [1.807, 2.05) is 0 Å². The van der Waals surface area contributed by atoms with Crippen molar-refractivity contribution in [3.05, 3.63) is 24.8 Å². The molecule has 2 heterocycles. The van der Waals surface area contributed by atoms with Gasteiger partial charge in [0.15, 0.2) is 0 Å². The molecule has 4 heteroatoms. The van der Waals surface area contributed by atoms with Crippen molar-refractivity contribution >= 4 is 0 Å². The van der Waals surface area contributed by atoms with Gasteiger partial charge in [-0.2, -0.15) is 0 Å². The normalized spacial score (nSPS) is 17.6. The molecule has 0 N–H and O–H groups in total. The fourth-order valence-corrected chi connectivity index (χ4v) is 2.98. The van der Waals surface area contributed by atoms with Gasteiger partial charge in [-0.3, -0.25) is 0 Å². The molecule has 0 aromatic heterocycles. The first-order valence-corrected chi connectivity index (χ1v) is 8.49. The standard InChI is InChI=1S/C17H32N4/c1-18-12-14-20(16-18)10-8-6-4-3-5-7-9-11-21-15-13-19(2)17-21/h12-15H,3-11,16-17H2,1-2H3. The zero-order valence-corrected chi connectivity index (χ0v) is 13.9. The summed E-state index contributed by atoms with van der Waals surface area (Å²) in [5.41, 5.74) is 0. The third kappa shape index (κ3) is 6.32. The molecular weight excluding hydrogens is 260 g/mol. The Balaban J connectivity index is 1.33. The van der Waals surface area contributed by atoms with Gasteiger partial charge in [0.1, 0.15) is 0 Å². The van der Waals surface area contributed by atoms with Gasteiger partial charge < -0.3 is 19.6 Å². The van der Waals surface area contributed by atoms with E-state index in [1.165, 1.54) is 58.0 Å². The van der Waals surface area contributed by atoms with Crippen molar-refractivity contribution in [1.82, 2.24) is 19.6 Å². The molecule has 0 aromatic rings. The van der Waals surface area contributed by atoms with E-state index >= 15 is 0 Å². The van der Waals surface area contributed by atoms with Crippen molar-refractivity contribution in [2.75, 3.05) is 40.5 Å². The van der Waals surface area contributed by atoms with E-state index in [1.54, 1.807) is 0 Å². The number of hydrogen-bond donors (Lipinski definition) is 0. The van der Waals surface area contributed by atoms with E-state index in [4.69, 9.17) is 0 Å². The molecule has 0 aliphatic carbocycles. The van der Waals surface area contributed by atoms with Gasteiger partial charge in [0, 0.05) is 52.0 Å². The quantitative estimate of drug-likeness (QED) is 0.574. The number of nitrogens with zero attached hydrogens (tertiary/aromatic N) is 4. The number of unbranched alkanes of at least 4 members (excludes halogenated alkanes) is 6. The highest BCUT2D eigenvalue weighted by Crippen LogP contribution is 2.11. The van der Waals surface area contributed by atoms with E-state index in [0.29, 0.717) is 0 Å². The van der Waals surface area contributed by atoms with Gasteiger partial charge in [-0.1, -0.05) is 32.1 Å². The van der Waals surface area contributed by atoms with Gasteiger partial charge in [0.05, 0.1) is 13.3 Å². The molecule has 0 atom stereocenters. The molecule has 0 saturated carbocycles. The SMILES string of the molecule is CN1C=CN(CCCCCCCCCN2C=CN(C)C2)C1. The molecule has 0 spiro atoms. The van der Waals surface area contributed by atoms with Crippen LogP contribution in [0.5, 0.6) is 0 Å². The van der Waals surface area contributed by atoms with Crippen molar-refractivity contribution in [2.45, 2.75) is 44.9 Å². The third-order valence-electron chi connectivity index (χ3n) is 4.26.